The Morgan fingerprint density at radius 2 is 0.386 bits per heavy atom. The molecule has 0 atom stereocenters. The Balaban J connectivity index is 0.000000121. The summed E-state index contributed by atoms with van der Waals surface area (Å²) in [6.07, 6.45) is 11.0. The first-order chi connectivity index (χ1) is 69.3. The second kappa shape index (κ2) is 40.3. The minimum Gasteiger partial charge on any atom is -0.255 e. The standard InChI is InChI=1S/C43H29N5.2C41H27N5/c1-4-14-30(15-5-1)35-20-10-11-21-36(35)34-26-41(37-22-12-13-25-44-37)46-42(27-34)38-24-23-33(29-45-38)40-28-39(31-16-6-2-7-17-31)47-43(48-40)32-18-8-3-9-19-32;1-3-13-29(14-4-1)37-26-38(46-41(45-37)30-15-5-2-6-16-30)31-21-22-36(43-27-31)40-25-32(24-39(44-40)35-20-9-10-23-42-35)34-19-11-17-28-12-7-8-18-33(28)34;1-3-12-29(13-4-1)37-26-38(46-41(45-37)30-14-5-2-6-15-30)33-20-21-36(43-27-33)40-25-34(24-39(44-40)35-17-9-10-22-42-35)32-19-18-28-11-7-8-16-31(28)23-32/h1-29H;2*1-27H. The van der Waals surface area contributed by atoms with E-state index in [1.54, 1.807) is 18.6 Å². The minimum absolute atomic E-state index is 0.669. The molecule has 0 N–H and O–H groups in total. The van der Waals surface area contributed by atoms with E-state index in [0.717, 1.165) is 197 Å². The van der Waals surface area contributed by atoms with Crippen LogP contribution in [0.5, 0.6) is 0 Å². The molecule has 24 aromatic rings. The largest absolute Gasteiger partial charge is 0.255 e. The third-order valence-electron chi connectivity index (χ3n) is 24.2. The molecule has 0 saturated carbocycles. The average molecular weight is 1800 g/mol. The molecule has 0 unspecified atom stereocenters. The third-order valence-corrected chi connectivity index (χ3v) is 24.2. The van der Waals surface area contributed by atoms with Gasteiger partial charge in [-0.2, -0.15) is 0 Å². The molecule has 0 saturated heterocycles. The van der Waals surface area contributed by atoms with Crippen molar-refractivity contribution in [2.24, 2.45) is 0 Å². The van der Waals surface area contributed by atoms with Crippen molar-refractivity contribution in [3.63, 3.8) is 0 Å². The lowest BCUT2D eigenvalue weighted by molar-refractivity contribution is 1.17. The van der Waals surface area contributed by atoms with E-state index in [2.05, 4.69) is 239 Å². The molecule has 140 heavy (non-hydrogen) atoms. The lowest BCUT2D eigenvalue weighted by Gasteiger charge is -2.13. The second-order valence-corrected chi connectivity index (χ2v) is 33.4. The predicted molar refractivity (Wildman–Crippen MR) is 565 cm³/mol. The zero-order valence-corrected chi connectivity index (χ0v) is 75.6. The van der Waals surface area contributed by atoms with Crippen LogP contribution in [0.4, 0.5) is 0 Å². The smallest absolute Gasteiger partial charge is 0.160 e. The van der Waals surface area contributed by atoms with Gasteiger partial charge in [-0.1, -0.05) is 334 Å². The van der Waals surface area contributed by atoms with Gasteiger partial charge >= 0.3 is 0 Å². The van der Waals surface area contributed by atoms with Crippen LogP contribution in [-0.4, -0.2) is 74.8 Å². The molecule has 0 aliphatic rings. The van der Waals surface area contributed by atoms with E-state index in [1.807, 2.05) is 261 Å². The third kappa shape index (κ3) is 19.5. The number of benzene rings is 12. The van der Waals surface area contributed by atoms with Gasteiger partial charge in [0.25, 0.3) is 0 Å². The highest BCUT2D eigenvalue weighted by Gasteiger charge is 2.22. The van der Waals surface area contributed by atoms with E-state index in [1.165, 1.54) is 21.5 Å². The number of fused-ring (bicyclic) bond motifs is 2. The lowest BCUT2D eigenvalue weighted by Crippen LogP contribution is -1.97. The van der Waals surface area contributed by atoms with Crippen LogP contribution in [0.25, 0.3) is 236 Å². The first-order valence-corrected chi connectivity index (χ1v) is 46.2. The van der Waals surface area contributed by atoms with E-state index in [4.69, 9.17) is 59.8 Å². The molecule has 0 spiro atoms. The van der Waals surface area contributed by atoms with Gasteiger partial charge in [-0.05, 0) is 200 Å². The highest BCUT2D eigenvalue weighted by Crippen LogP contribution is 2.41. The Bertz CT molecular complexity index is 8280. The fraction of sp³-hybridized carbons (Fsp3) is 0. The van der Waals surface area contributed by atoms with Crippen molar-refractivity contribution >= 4 is 21.5 Å². The SMILES string of the molecule is c1ccc(-c2cc(-c3ccc(-c4cc(-c5ccc6ccccc6c5)cc(-c5ccccn5)n4)nc3)nc(-c3ccccc3)n2)cc1.c1ccc(-c2cc(-c3ccc(-c4cc(-c5cccc6ccccc56)cc(-c5ccccn5)n4)nc3)nc(-c3ccccc3)n2)cc1.c1ccc(-c2cc(-c3ccc(-c4cc(-c5ccccc5-c5ccccc5)cc(-c5ccccn5)n4)nc3)nc(-c3ccccc3)n2)cc1. The summed E-state index contributed by atoms with van der Waals surface area (Å²) in [6.45, 7) is 0. The van der Waals surface area contributed by atoms with Gasteiger partial charge in [0.1, 0.15) is 0 Å². The van der Waals surface area contributed by atoms with Crippen LogP contribution in [0.15, 0.2) is 504 Å². The van der Waals surface area contributed by atoms with Crippen molar-refractivity contribution in [3.8, 4) is 215 Å². The topological polar surface area (TPSA) is 193 Å². The van der Waals surface area contributed by atoms with E-state index in [0.29, 0.717) is 17.5 Å². The number of aromatic nitrogens is 15. The van der Waals surface area contributed by atoms with Crippen LogP contribution in [-0.2, 0) is 0 Å². The van der Waals surface area contributed by atoms with Crippen LogP contribution in [0, 0.1) is 0 Å². The molecular weight excluding hydrogens is 1710 g/mol. The fourth-order valence-corrected chi connectivity index (χ4v) is 17.1. The van der Waals surface area contributed by atoms with Crippen molar-refractivity contribution in [3.05, 3.63) is 504 Å². The minimum atomic E-state index is 0.669. The molecule has 0 aliphatic heterocycles. The van der Waals surface area contributed by atoms with E-state index in [9.17, 15) is 0 Å². The molecule has 0 amide bonds. The van der Waals surface area contributed by atoms with Gasteiger partial charge < -0.3 is 0 Å². The first kappa shape index (κ1) is 86.2. The second-order valence-electron chi connectivity index (χ2n) is 33.4. The van der Waals surface area contributed by atoms with E-state index >= 15 is 0 Å². The molecule has 15 heteroatoms. The maximum atomic E-state index is 5.06. The molecule has 12 aromatic heterocycles. The maximum Gasteiger partial charge on any atom is 0.160 e. The van der Waals surface area contributed by atoms with Crippen molar-refractivity contribution in [1.29, 1.82) is 0 Å². The summed E-state index contributed by atoms with van der Waals surface area (Å²) in [7, 11) is 0. The van der Waals surface area contributed by atoms with Crippen molar-refractivity contribution in [2.75, 3.05) is 0 Å². The van der Waals surface area contributed by atoms with Gasteiger partial charge in [0.2, 0.25) is 0 Å². The number of hydrogen-bond donors (Lipinski definition) is 0. The summed E-state index contributed by atoms with van der Waals surface area (Å²) in [5.41, 5.74) is 31.9. The zero-order chi connectivity index (χ0) is 93.5. The fourth-order valence-electron chi connectivity index (χ4n) is 17.1. The summed E-state index contributed by atoms with van der Waals surface area (Å²) in [4.78, 5) is 73.3. The van der Waals surface area contributed by atoms with Crippen molar-refractivity contribution in [1.82, 2.24) is 74.8 Å². The zero-order valence-electron chi connectivity index (χ0n) is 75.6. The van der Waals surface area contributed by atoms with Gasteiger partial charge in [0.15, 0.2) is 17.5 Å². The van der Waals surface area contributed by atoms with Gasteiger partial charge in [-0.25, -0.2) is 44.9 Å². The van der Waals surface area contributed by atoms with Crippen molar-refractivity contribution < 1.29 is 0 Å². The van der Waals surface area contributed by atoms with Gasteiger partial charge in [-0.3, -0.25) is 29.9 Å². The van der Waals surface area contributed by atoms with Crippen molar-refractivity contribution in [2.45, 2.75) is 0 Å². The Morgan fingerprint density at radius 3 is 0.743 bits per heavy atom. The summed E-state index contributed by atoms with van der Waals surface area (Å²) in [5.74, 6) is 2.01. The Labute approximate surface area is 809 Å². The molecular formula is C125H83N15. The summed E-state index contributed by atoms with van der Waals surface area (Å²) < 4.78 is 0. The number of pyridine rings is 9. The van der Waals surface area contributed by atoms with E-state index < -0.39 is 0 Å². The van der Waals surface area contributed by atoms with Crippen LogP contribution in [0.1, 0.15) is 0 Å². The molecule has 658 valence electrons. The quantitative estimate of drug-likeness (QED) is 0.0741. The summed E-state index contributed by atoms with van der Waals surface area (Å²) >= 11 is 0. The highest BCUT2D eigenvalue weighted by atomic mass is 14.9. The van der Waals surface area contributed by atoms with E-state index in [-0.39, 0.29) is 0 Å². The first-order valence-electron chi connectivity index (χ1n) is 46.2. The number of nitrogens with zero attached hydrogens (tertiary/aromatic N) is 15. The Kier molecular flexibility index (Phi) is 24.8. The molecule has 0 bridgehead atoms. The van der Waals surface area contributed by atoms with Gasteiger partial charge in [-0.15, -0.1) is 0 Å². The molecule has 24 rings (SSSR count). The van der Waals surface area contributed by atoms with Crippen LogP contribution in [0.3, 0.4) is 0 Å². The highest BCUT2D eigenvalue weighted by molar-refractivity contribution is 5.98. The molecule has 15 nitrogen and oxygen atoms in total. The van der Waals surface area contributed by atoms with Crippen LogP contribution in [0.2, 0.25) is 0 Å². The van der Waals surface area contributed by atoms with Crippen LogP contribution >= 0.6 is 0 Å². The lowest BCUT2D eigenvalue weighted by atomic mass is 9.93. The number of rotatable bonds is 19. The molecule has 0 fully saturated rings. The summed E-state index contributed by atoms with van der Waals surface area (Å²) in [6, 6.07) is 158. The molecule has 0 radical (unpaired) electrons. The Morgan fingerprint density at radius 1 is 0.114 bits per heavy atom. The maximum absolute atomic E-state index is 5.06. The van der Waals surface area contributed by atoms with Gasteiger partial charge in [0, 0.05) is 87.3 Å². The molecule has 12 heterocycles. The predicted octanol–water partition coefficient (Wildman–Crippen LogP) is 30.0. The summed E-state index contributed by atoms with van der Waals surface area (Å²) in [5, 5.41) is 4.77. The normalized spacial score (nSPS) is 11.0. The molecule has 12 aromatic carbocycles. The molecule has 0 aliphatic carbocycles. The number of hydrogen-bond acceptors (Lipinski definition) is 15. The van der Waals surface area contributed by atoms with Crippen LogP contribution < -0.4 is 0 Å². The average Bonchev–Trinajstić information content (AvgIpc) is 0.783. The Hall–Kier alpha value is -19.3. The monoisotopic (exact) mass is 1790 g/mol. The van der Waals surface area contributed by atoms with Gasteiger partial charge in [0.05, 0.1) is 102 Å².